The van der Waals surface area contributed by atoms with E-state index in [1.165, 1.54) is 7.11 Å². The van der Waals surface area contributed by atoms with Crippen molar-refractivity contribution in [1.82, 2.24) is 0 Å². The highest BCUT2D eigenvalue weighted by Crippen LogP contribution is 2.22. The maximum absolute atomic E-state index is 12.4. The Morgan fingerprint density at radius 1 is 1.08 bits per heavy atom. The van der Waals surface area contributed by atoms with Crippen LogP contribution in [0.3, 0.4) is 0 Å². The number of para-hydroxylation sites is 1. The highest BCUT2D eigenvalue weighted by molar-refractivity contribution is 7.92. The van der Waals surface area contributed by atoms with E-state index in [-0.39, 0.29) is 12.3 Å². The first-order valence-corrected chi connectivity index (χ1v) is 9.06. The number of sulfonamides is 1. The van der Waals surface area contributed by atoms with Crippen LogP contribution in [-0.4, -0.2) is 33.7 Å². The van der Waals surface area contributed by atoms with Crippen LogP contribution in [-0.2, 0) is 14.8 Å². The van der Waals surface area contributed by atoms with Gasteiger partial charge in [0, 0.05) is 5.69 Å². The standard InChI is InChI=1S/C17H20N2O4S/c1-3-24(21,22)19(15-9-11-16(23-2)12-10-15)13-17(20)18-14-7-5-4-6-8-14/h4-12H,3,13H2,1-2H3,(H,18,20). The summed E-state index contributed by atoms with van der Waals surface area (Å²) >= 11 is 0. The molecular formula is C17H20N2O4S. The summed E-state index contributed by atoms with van der Waals surface area (Å²) in [5, 5.41) is 2.69. The van der Waals surface area contributed by atoms with Crippen molar-refractivity contribution in [2.75, 3.05) is 29.0 Å². The monoisotopic (exact) mass is 348 g/mol. The number of methoxy groups -OCH3 is 1. The maximum Gasteiger partial charge on any atom is 0.245 e. The van der Waals surface area contributed by atoms with Gasteiger partial charge in [-0.1, -0.05) is 18.2 Å². The molecule has 0 spiro atoms. The highest BCUT2D eigenvalue weighted by atomic mass is 32.2. The van der Waals surface area contributed by atoms with Crippen molar-refractivity contribution < 1.29 is 17.9 Å². The smallest absolute Gasteiger partial charge is 0.245 e. The molecule has 0 atom stereocenters. The summed E-state index contributed by atoms with van der Waals surface area (Å²) in [6, 6.07) is 15.4. The topological polar surface area (TPSA) is 75.7 Å². The van der Waals surface area contributed by atoms with Crippen LogP contribution in [0.25, 0.3) is 0 Å². The van der Waals surface area contributed by atoms with Crippen molar-refractivity contribution in [1.29, 1.82) is 0 Å². The molecule has 7 heteroatoms. The molecule has 0 fully saturated rings. The summed E-state index contributed by atoms with van der Waals surface area (Å²) in [6.45, 7) is 1.25. The molecule has 6 nitrogen and oxygen atoms in total. The Hall–Kier alpha value is -2.54. The lowest BCUT2D eigenvalue weighted by Gasteiger charge is -2.23. The molecule has 2 rings (SSSR count). The minimum absolute atomic E-state index is 0.0996. The number of hydrogen-bond acceptors (Lipinski definition) is 4. The third kappa shape index (κ3) is 4.48. The third-order valence-electron chi connectivity index (χ3n) is 3.41. The van der Waals surface area contributed by atoms with Crippen LogP contribution < -0.4 is 14.4 Å². The predicted molar refractivity (Wildman–Crippen MR) is 94.9 cm³/mol. The molecule has 0 aliphatic carbocycles. The zero-order valence-corrected chi connectivity index (χ0v) is 14.4. The minimum Gasteiger partial charge on any atom is -0.497 e. The molecule has 0 aliphatic heterocycles. The first kappa shape index (κ1) is 17.8. The van der Waals surface area contributed by atoms with Gasteiger partial charge < -0.3 is 10.1 Å². The Kier molecular flexibility index (Phi) is 5.81. The van der Waals surface area contributed by atoms with Gasteiger partial charge in [-0.2, -0.15) is 0 Å². The van der Waals surface area contributed by atoms with E-state index in [2.05, 4.69) is 5.32 Å². The molecule has 0 saturated heterocycles. The molecule has 0 aliphatic rings. The largest absolute Gasteiger partial charge is 0.497 e. The third-order valence-corrected chi connectivity index (χ3v) is 5.15. The Morgan fingerprint density at radius 3 is 2.25 bits per heavy atom. The van der Waals surface area contributed by atoms with Gasteiger partial charge in [-0.3, -0.25) is 9.10 Å². The number of hydrogen-bond donors (Lipinski definition) is 1. The van der Waals surface area contributed by atoms with E-state index in [9.17, 15) is 13.2 Å². The number of amides is 1. The molecule has 0 bridgehead atoms. The van der Waals surface area contributed by atoms with Crippen molar-refractivity contribution in [3.05, 3.63) is 54.6 Å². The van der Waals surface area contributed by atoms with Crippen molar-refractivity contribution in [3.63, 3.8) is 0 Å². The van der Waals surface area contributed by atoms with Gasteiger partial charge in [0.15, 0.2) is 0 Å². The van der Waals surface area contributed by atoms with E-state index in [1.54, 1.807) is 55.5 Å². The lowest BCUT2D eigenvalue weighted by Crippen LogP contribution is -2.39. The van der Waals surface area contributed by atoms with Crippen LogP contribution in [0.2, 0.25) is 0 Å². The fourth-order valence-electron chi connectivity index (χ4n) is 2.11. The number of carbonyl (C=O) groups excluding carboxylic acids is 1. The number of nitrogens with one attached hydrogen (secondary N) is 1. The molecule has 2 aromatic rings. The predicted octanol–water partition coefficient (Wildman–Crippen LogP) is 2.49. The van der Waals surface area contributed by atoms with Crippen LogP contribution in [0.1, 0.15) is 6.92 Å². The number of rotatable bonds is 7. The Bertz CT molecular complexity index is 774. The quantitative estimate of drug-likeness (QED) is 0.834. The number of nitrogens with zero attached hydrogens (tertiary/aromatic N) is 1. The average molecular weight is 348 g/mol. The maximum atomic E-state index is 12.4. The van der Waals surface area contributed by atoms with Gasteiger partial charge in [0.2, 0.25) is 15.9 Å². The Labute approximate surface area is 142 Å². The van der Waals surface area contributed by atoms with E-state index in [1.807, 2.05) is 6.07 Å². The molecule has 0 saturated carbocycles. The second-order valence-electron chi connectivity index (χ2n) is 5.02. The van der Waals surface area contributed by atoms with E-state index in [4.69, 9.17) is 4.74 Å². The summed E-state index contributed by atoms with van der Waals surface area (Å²) in [7, 11) is -2.06. The van der Waals surface area contributed by atoms with Gasteiger partial charge in [0.05, 0.1) is 18.6 Å². The van der Waals surface area contributed by atoms with Crippen LogP contribution in [0, 0.1) is 0 Å². The minimum atomic E-state index is -3.59. The zero-order chi connectivity index (χ0) is 17.6. The number of carbonyl (C=O) groups is 1. The van der Waals surface area contributed by atoms with Crippen LogP contribution in [0.15, 0.2) is 54.6 Å². The molecule has 0 heterocycles. The second kappa shape index (κ2) is 7.83. The molecule has 1 N–H and O–H groups in total. The van der Waals surface area contributed by atoms with Crippen LogP contribution in [0.5, 0.6) is 5.75 Å². The van der Waals surface area contributed by atoms with Crippen molar-refractivity contribution in [2.45, 2.75) is 6.92 Å². The molecule has 0 unspecified atom stereocenters. The Morgan fingerprint density at radius 2 is 1.71 bits per heavy atom. The first-order valence-electron chi connectivity index (χ1n) is 7.45. The van der Waals surface area contributed by atoms with E-state index in [0.29, 0.717) is 17.1 Å². The summed E-state index contributed by atoms with van der Waals surface area (Å²) in [6.07, 6.45) is 0. The van der Waals surface area contributed by atoms with Crippen LogP contribution >= 0.6 is 0 Å². The van der Waals surface area contributed by atoms with Crippen molar-refractivity contribution >= 4 is 27.3 Å². The second-order valence-corrected chi connectivity index (χ2v) is 7.20. The average Bonchev–Trinajstić information content (AvgIpc) is 2.60. The lowest BCUT2D eigenvalue weighted by molar-refractivity contribution is -0.114. The molecular weight excluding hydrogens is 328 g/mol. The first-order chi connectivity index (χ1) is 11.5. The number of anilines is 2. The number of ether oxygens (including phenoxy) is 1. The summed E-state index contributed by atoms with van der Waals surface area (Å²) < 4.78 is 30.9. The van der Waals surface area contributed by atoms with Gasteiger partial charge in [-0.05, 0) is 43.3 Å². The molecule has 0 radical (unpaired) electrons. The molecule has 0 aromatic heterocycles. The van der Waals surface area contributed by atoms with Gasteiger partial charge in [-0.25, -0.2) is 8.42 Å². The normalized spacial score (nSPS) is 10.9. The van der Waals surface area contributed by atoms with Gasteiger partial charge in [0.25, 0.3) is 0 Å². The molecule has 24 heavy (non-hydrogen) atoms. The van der Waals surface area contributed by atoms with E-state index >= 15 is 0 Å². The van der Waals surface area contributed by atoms with Gasteiger partial charge >= 0.3 is 0 Å². The highest BCUT2D eigenvalue weighted by Gasteiger charge is 2.23. The fraction of sp³-hybridized carbons (Fsp3) is 0.235. The summed E-state index contributed by atoms with van der Waals surface area (Å²) in [4.78, 5) is 12.2. The van der Waals surface area contributed by atoms with E-state index < -0.39 is 15.9 Å². The molecule has 1 amide bonds. The SMILES string of the molecule is CCS(=O)(=O)N(CC(=O)Nc1ccccc1)c1ccc(OC)cc1. The van der Waals surface area contributed by atoms with Crippen LogP contribution in [0.4, 0.5) is 11.4 Å². The van der Waals surface area contributed by atoms with Crippen molar-refractivity contribution in [3.8, 4) is 5.75 Å². The van der Waals surface area contributed by atoms with Gasteiger partial charge in [-0.15, -0.1) is 0 Å². The number of benzene rings is 2. The van der Waals surface area contributed by atoms with Crippen molar-refractivity contribution in [2.24, 2.45) is 0 Å². The zero-order valence-electron chi connectivity index (χ0n) is 13.6. The summed E-state index contributed by atoms with van der Waals surface area (Å²) in [5.41, 5.74) is 1.03. The fourth-order valence-corrected chi connectivity index (χ4v) is 3.18. The Balaban J connectivity index is 2.21. The lowest BCUT2D eigenvalue weighted by atomic mass is 10.3. The molecule has 128 valence electrons. The molecule has 2 aromatic carbocycles. The van der Waals surface area contributed by atoms with E-state index in [0.717, 1.165) is 4.31 Å². The van der Waals surface area contributed by atoms with Gasteiger partial charge in [0.1, 0.15) is 12.3 Å². The summed E-state index contributed by atoms with van der Waals surface area (Å²) in [5.74, 6) is 0.104.